The summed E-state index contributed by atoms with van der Waals surface area (Å²) in [5, 5.41) is 0. The molecule has 0 aliphatic carbocycles. The maximum atomic E-state index is 6.02. The van der Waals surface area contributed by atoms with Gasteiger partial charge in [-0.1, -0.05) is 0 Å². The van der Waals surface area contributed by atoms with Crippen LogP contribution in [0.2, 0.25) is 0 Å². The molecule has 0 spiro atoms. The third-order valence-corrected chi connectivity index (χ3v) is 4.80. The van der Waals surface area contributed by atoms with Gasteiger partial charge in [0, 0.05) is 6.54 Å². The Bertz CT molecular complexity index is 146. The van der Waals surface area contributed by atoms with Gasteiger partial charge in [0.25, 0.3) is 0 Å². The van der Waals surface area contributed by atoms with E-state index in [1.54, 1.807) is 0 Å². The van der Waals surface area contributed by atoms with Crippen molar-refractivity contribution in [3.63, 3.8) is 0 Å². The number of hydrogen-bond acceptors (Lipinski definition) is 2. The van der Waals surface area contributed by atoms with Crippen molar-refractivity contribution >= 4 is 32.6 Å². The summed E-state index contributed by atoms with van der Waals surface area (Å²) < 4.78 is 2.20. The van der Waals surface area contributed by atoms with Gasteiger partial charge in [0.05, 0.1) is 0 Å². The van der Waals surface area contributed by atoms with Crippen LogP contribution in [0.15, 0.2) is 0 Å². The highest BCUT2D eigenvalue weighted by Crippen LogP contribution is 2.18. The van der Waals surface area contributed by atoms with Crippen LogP contribution >= 0.6 is 20.1 Å². The van der Waals surface area contributed by atoms with Gasteiger partial charge in [0.1, 0.15) is 0 Å². The Balaban J connectivity index is 4.12. The fourth-order valence-electron chi connectivity index (χ4n) is 1.03. The van der Waals surface area contributed by atoms with E-state index in [-0.39, 0.29) is 5.54 Å². The van der Waals surface area contributed by atoms with Crippen LogP contribution in [0.25, 0.3) is 0 Å². The van der Waals surface area contributed by atoms with Gasteiger partial charge in [-0.05, 0) is 47.0 Å². The zero-order valence-electron chi connectivity index (χ0n) is 9.14. The van der Waals surface area contributed by atoms with Crippen molar-refractivity contribution in [3.05, 3.63) is 0 Å². The summed E-state index contributed by atoms with van der Waals surface area (Å²) in [6.45, 7) is 8.38. The molecule has 0 aromatic carbocycles. The molecule has 2 nitrogen and oxygen atoms in total. The van der Waals surface area contributed by atoms with Gasteiger partial charge in [0.2, 0.25) is 0 Å². The summed E-state index contributed by atoms with van der Waals surface area (Å²) in [4.78, 5) is 2.14. The quantitative estimate of drug-likeness (QED) is 0.695. The largest absolute Gasteiger partial charge is 0.632 e. The first-order valence-corrected chi connectivity index (χ1v) is 8.45. The van der Waals surface area contributed by atoms with E-state index in [2.05, 4.69) is 43.6 Å². The minimum absolute atomic E-state index is 0.0798. The Morgan fingerprint density at radius 1 is 1.08 bits per heavy atom. The predicted octanol–water partition coefficient (Wildman–Crippen LogP) is 2.11. The normalized spacial score (nSPS) is 12.7. The van der Waals surface area contributed by atoms with Gasteiger partial charge in [-0.25, -0.2) is 20.1 Å². The second-order valence-corrected chi connectivity index (χ2v) is 8.77. The molecule has 0 amide bonds. The molecule has 0 radical (unpaired) electrons. The Morgan fingerprint density at radius 2 is 1.54 bits per heavy atom. The van der Waals surface area contributed by atoms with Crippen molar-refractivity contribution < 1.29 is 0 Å². The van der Waals surface area contributed by atoms with E-state index in [9.17, 15) is 0 Å². The van der Waals surface area contributed by atoms with Gasteiger partial charge in [-0.3, -0.25) is 0 Å². The average Bonchev–Trinajstić information content (AvgIpc) is 1.81. The van der Waals surface area contributed by atoms with Crippen molar-refractivity contribution in [2.45, 2.75) is 26.3 Å². The molecule has 0 aromatic heterocycles. The molecule has 5 heteroatoms. The second kappa shape index (κ2) is 5.80. The van der Waals surface area contributed by atoms with Gasteiger partial charge in [0.15, 0.2) is 0 Å². The summed E-state index contributed by atoms with van der Waals surface area (Å²) in [5.74, 6) is 0. The minimum atomic E-state index is -1.72. The van der Waals surface area contributed by atoms with E-state index in [1.165, 1.54) is 0 Å². The molecule has 0 aliphatic heterocycles. The minimum Gasteiger partial charge on any atom is -0.353 e. The number of rotatable bonds is 4. The topological polar surface area (TPSA) is 6.48 Å². The van der Waals surface area contributed by atoms with Crippen LogP contribution in [0, 0.1) is 0 Å². The first-order chi connectivity index (χ1) is 5.75. The molecule has 0 saturated heterocycles. The predicted molar refractivity (Wildman–Crippen MR) is 62.5 cm³/mol. The lowest BCUT2D eigenvalue weighted by atomic mass is 10.1. The van der Waals surface area contributed by atoms with Gasteiger partial charge in [-0.2, -0.15) is 0 Å². The fourth-order valence-corrected chi connectivity index (χ4v) is 4.27. The molecule has 78 valence electrons. The van der Waals surface area contributed by atoms with Crippen LogP contribution in [-0.4, -0.2) is 54.0 Å². The summed E-state index contributed by atoms with van der Waals surface area (Å²) in [6, 6.07) is 0. The maximum Gasteiger partial charge on any atom is 0.632 e. The number of likely N-dealkylation sites (N-methyl/N-ethyl adjacent to an activating group) is 1. The Morgan fingerprint density at radius 3 is 1.77 bits per heavy atom. The molecule has 0 bridgehead atoms. The van der Waals surface area contributed by atoms with Gasteiger partial charge < -0.3 is 8.78 Å². The standard InChI is InChI=1S/C8H19N2.Al.2ClH/c1-8(2,3)9-6-7-10(4)5;;;/h6-7H2,1-5H3;;2*1H/q-1;+3;;/p-2. The van der Waals surface area contributed by atoms with Crippen molar-refractivity contribution in [1.82, 2.24) is 8.78 Å². The molecule has 0 unspecified atom stereocenters. The number of hydrogen-bond donors (Lipinski definition) is 0. The van der Waals surface area contributed by atoms with E-state index < -0.39 is 12.5 Å². The summed E-state index contributed by atoms with van der Waals surface area (Å²) in [7, 11) is 16.2. The lowest BCUT2D eigenvalue weighted by molar-refractivity contribution is 0.231. The van der Waals surface area contributed by atoms with Crippen molar-refractivity contribution in [1.29, 1.82) is 0 Å². The van der Waals surface area contributed by atoms with Crippen molar-refractivity contribution in [2.24, 2.45) is 0 Å². The van der Waals surface area contributed by atoms with Crippen LogP contribution < -0.4 is 0 Å². The zero-order valence-corrected chi connectivity index (χ0v) is 11.8. The van der Waals surface area contributed by atoms with Gasteiger partial charge in [-0.15, -0.1) is 0 Å². The summed E-state index contributed by atoms with van der Waals surface area (Å²) in [5.41, 5.74) is 0.0798. The van der Waals surface area contributed by atoms with E-state index in [0.717, 1.165) is 13.1 Å². The fraction of sp³-hybridized carbons (Fsp3) is 1.00. The first-order valence-electron chi connectivity index (χ1n) is 4.45. The number of halogens is 2. The van der Waals surface area contributed by atoms with Crippen molar-refractivity contribution in [2.75, 3.05) is 27.2 Å². The van der Waals surface area contributed by atoms with E-state index in [1.807, 2.05) is 0 Å². The molecule has 13 heavy (non-hydrogen) atoms. The monoisotopic (exact) mass is 240 g/mol. The third kappa shape index (κ3) is 6.17. The highest BCUT2D eigenvalue weighted by atomic mass is 35.7. The molecule has 0 saturated carbocycles. The van der Waals surface area contributed by atoms with Crippen LogP contribution in [-0.2, 0) is 0 Å². The molecule has 0 N–H and O–H groups in total. The van der Waals surface area contributed by atoms with E-state index in [0.29, 0.717) is 0 Å². The third-order valence-electron chi connectivity index (χ3n) is 1.89. The number of nitrogens with zero attached hydrogens (tertiary/aromatic N) is 2. The second-order valence-electron chi connectivity index (χ2n) is 4.45. The molecule has 0 heterocycles. The van der Waals surface area contributed by atoms with E-state index in [4.69, 9.17) is 20.1 Å². The molecular formula is C8H19AlCl2N2. The first kappa shape index (κ1) is 14.0. The maximum absolute atomic E-state index is 6.02. The molecule has 0 aromatic rings. The molecule has 0 aliphatic rings. The average molecular weight is 241 g/mol. The SMILES string of the molecule is CN(C)CC[N]([Al]([Cl])[Cl])C(C)(C)C. The smallest absolute Gasteiger partial charge is 0.353 e. The van der Waals surface area contributed by atoms with Crippen LogP contribution in [0.1, 0.15) is 20.8 Å². The lowest BCUT2D eigenvalue weighted by Crippen LogP contribution is -2.49. The highest BCUT2D eigenvalue weighted by Gasteiger charge is 2.32. The van der Waals surface area contributed by atoms with Gasteiger partial charge >= 0.3 is 12.5 Å². The summed E-state index contributed by atoms with van der Waals surface area (Å²) in [6.07, 6.45) is 0. The Kier molecular flexibility index (Phi) is 6.26. The van der Waals surface area contributed by atoms with Crippen LogP contribution in [0.3, 0.4) is 0 Å². The van der Waals surface area contributed by atoms with Crippen LogP contribution in [0.5, 0.6) is 0 Å². The summed E-state index contributed by atoms with van der Waals surface area (Å²) >= 11 is -1.72. The van der Waals surface area contributed by atoms with E-state index >= 15 is 0 Å². The Labute approximate surface area is 94.8 Å². The lowest BCUT2D eigenvalue weighted by Gasteiger charge is -2.36. The van der Waals surface area contributed by atoms with Crippen molar-refractivity contribution in [3.8, 4) is 0 Å². The molecular weight excluding hydrogens is 222 g/mol. The Hall–Kier alpha value is 1.03. The zero-order chi connectivity index (χ0) is 10.6. The molecule has 0 fully saturated rings. The van der Waals surface area contributed by atoms with Crippen LogP contribution in [0.4, 0.5) is 0 Å². The molecule has 0 atom stereocenters. The molecule has 0 rings (SSSR count). The highest BCUT2D eigenvalue weighted by molar-refractivity contribution is 7.32.